The van der Waals surface area contributed by atoms with E-state index in [1.807, 2.05) is 0 Å². The maximum Gasteiger partial charge on any atom is 0.109 e. The van der Waals surface area contributed by atoms with Crippen molar-refractivity contribution in [1.82, 2.24) is 0 Å². The minimum atomic E-state index is 1.30. The average molecular weight is 194 g/mol. The van der Waals surface area contributed by atoms with Gasteiger partial charge in [0.15, 0.2) is 0 Å². The molecule has 14 heavy (non-hydrogen) atoms. The zero-order chi connectivity index (χ0) is 11.1. The van der Waals surface area contributed by atoms with E-state index in [1.165, 1.54) is 51.0 Å². The van der Waals surface area contributed by atoms with Crippen molar-refractivity contribution in [3.63, 3.8) is 0 Å². The molecule has 0 heterocycles. The van der Waals surface area contributed by atoms with Gasteiger partial charge < -0.3 is 0 Å². The lowest BCUT2D eigenvalue weighted by atomic mass is 9.69. The van der Waals surface area contributed by atoms with E-state index < -0.39 is 0 Å². The molecule has 0 aromatic heterocycles. The first-order valence-corrected chi connectivity index (χ1v) is 6.46. The van der Waals surface area contributed by atoms with Crippen LogP contribution in [-0.4, -0.2) is 14.6 Å². The summed E-state index contributed by atoms with van der Waals surface area (Å²) >= 11 is 0. The van der Waals surface area contributed by atoms with E-state index in [9.17, 15) is 0 Å². The first-order valence-electron chi connectivity index (χ1n) is 6.46. The van der Waals surface area contributed by atoms with Gasteiger partial charge in [0.25, 0.3) is 0 Å². The van der Waals surface area contributed by atoms with Crippen molar-refractivity contribution in [1.29, 1.82) is 0 Å². The van der Waals surface area contributed by atoms with Crippen LogP contribution in [0.1, 0.15) is 53.4 Å². The summed E-state index contributed by atoms with van der Waals surface area (Å²) in [6.45, 7) is 8.86. The fraction of sp³-hybridized carbons (Fsp3) is 1.00. The lowest BCUT2D eigenvalue weighted by Gasteiger charge is -1.88. The van der Waals surface area contributed by atoms with Gasteiger partial charge in [-0.25, -0.2) is 0 Å². The van der Waals surface area contributed by atoms with E-state index in [-0.39, 0.29) is 0 Å². The third-order valence-corrected chi connectivity index (χ3v) is 1.97. The van der Waals surface area contributed by atoms with Crippen molar-refractivity contribution in [3.05, 3.63) is 0 Å². The monoisotopic (exact) mass is 194 g/mol. The Morgan fingerprint density at radius 1 is 0.500 bits per heavy atom. The van der Waals surface area contributed by atoms with Gasteiger partial charge in [-0.05, 0) is 0 Å². The molecule has 82 valence electrons. The molecular weight excluding hydrogens is 166 g/mol. The van der Waals surface area contributed by atoms with Gasteiger partial charge in [-0.3, -0.25) is 0 Å². The lowest BCUT2D eigenvalue weighted by molar-refractivity contribution is 1.02. The van der Waals surface area contributed by atoms with Crippen molar-refractivity contribution < 1.29 is 0 Å². The lowest BCUT2D eigenvalue weighted by Crippen LogP contribution is -1.84. The van der Waals surface area contributed by atoms with Crippen LogP contribution in [0.2, 0.25) is 25.3 Å². The summed E-state index contributed by atoms with van der Waals surface area (Å²) in [5, 5.41) is 0. The molecular formula is C12H28B2. The first-order chi connectivity index (χ1) is 6.83. The van der Waals surface area contributed by atoms with Crippen LogP contribution in [0.15, 0.2) is 0 Å². The second-order valence-electron chi connectivity index (χ2n) is 3.73. The summed E-state index contributed by atoms with van der Waals surface area (Å²) in [7, 11) is 4.72. The molecule has 0 bridgehead atoms. The van der Waals surface area contributed by atoms with E-state index in [0.717, 1.165) is 0 Å². The van der Waals surface area contributed by atoms with Crippen LogP contribution in [0.5, 0.6) is 0 Å². The Balaban J connectivity index is 0. The van der Waals surface area contributed by atoms with Crippen molar-refractivity contribution in [2.45, 2.75) is 78.7 Å². The Labute approximate surface area is 93.7 Å². The Bertz CT molecular complexity index is 56.7. The van der Waals surface area contributed by atoms with E-state index in [2.05, 4.69) is 42.3 Å². The van der Waals surface area contributed by atoms with Gasteiger partial charge in [0, 0.05) is 0 Å². The zero-order valence-electron chi connectivity index (χ0n) is 10.8. The predicted octanol–water partition coefficient (Wildman–Crippen LogP) is 4.69. The zero-order valence-corrected chi connectivity index (χ0v) is 10.8. The highest BCUT2D eigenvalue weighted by molar-refractivity contribution is 6.35. The van der Waals surface area contributed by atoms with Crippen LogP contribution in [0.3, 0.4) is 0 Å². The average Bonchev–Trinajstić information content (AvgIpc) is 2.21. The van der Waals surface area contributed by atoms with Gasteiger partial charge in [0.2, 0.25) is 0 Å². The topological polar surface area (TPSA) is 0 Å². The predicted molar refractivity (Wildman–Crippen MR) is 71.9 cm³/mol. The summed E-state index contributed by atoms with van der Waals surface area (Å²) in [4.78, 5) is 0. The third kappa shape index (κ3) is 22.7. The minimum Gasteiger partial charge on any atom is -0.0806 e. The third-order valence-electron chi connectivity index (χ3n) is 1.97. The summed E-state index contributed by atoms with van der Waals surface area (Å²) in [6.07, 6.45) is 10.4. The molecule has 0 aliphatic rings. The molecule has 0 N–H and O–H groups in total. The fourth-order valence-corrected chi connectivity index (χ4v) is 1.11. The standard InChI is InChI=1S/2C6H14B/c2*1-3-5-7-6-4-2/h2*3-6H2,1-2H3. The highest BCUT2D eigenvalue weighted by atomic mass is 13.7. The highest BCUT2D eigenvalue weighted by Gasteiger charge is 1.83. The molecule has 0 fully saturated rings. The largest absolute Gasteiger partial charge is 0.109 e. The summed E-state index contributed by atoms with van der Waals surface area (Å²) in [5.74, 6) is 0. The van der Waals surface area contributed by atoms with Gasteiger partial charge in [-0.15, -0.1) is 0 Å². The van der Waals surface area contributed by atoms with E-state index in [4.69, 9.17) is 0 Å². The second kappa shape index (κ2) is 18.8. The van der Waals surface area contributed by atoms with Crippen LogP contribution in [0.25, 0.3) is 0 Å². The maximum atomic E-state index is 2.36. The van der Waals surface area contributed by atoms with Crippen LogP contribution in [-0.2, 0) is 0 Å². The molecule has 0 amide bonds. The molecule has 0 unspecified atom stereocenters. The van der Waals surface area contributed by atoms with E-state index in [0.29, 0.717) is 0 Å². The minimum absolute atomic E-state index is 1.30. The van der Waals surface area contributed by atoms with Gasteiger partial charge in [0.1, 0.15) is 14.6 Å². The molecule has 0 atom stereocenters. The number of hydrogen-bond acceptors (Lipinski definition) is 0. The van der Waals surface area contributed by atoms with Crippen molar-refractivity contribution >= 4 is 14.6 Å². The molecule has 0 nitrogen and oxygen atoms in total. The highest BCUT2D eigenvalue weighted by Crippen LogP contribution is 1.93. The molecule has 0 aliphatic heterocycles. The molecule has 0 spiro atoms. The molecule has 0 aromatic carbocycles. The number of hydrogen-bond donors (Lipinski definition) is 0. The fourth-order valence-electron chi connectivity index (χ4n) is 1.11. The van der Waals surface area contributed by atoms with Crippen LogP contribution in [0.4, 0.5) is 0 Å². The van der Waals surface area contributed by atoms with Crippen molar-refractivity contribution in [2.75, 3.05) is 0 Å². The van der Waals surface area contributed by atoms with Crippen LogP contribution >= 0.6 is 0 Å². The van der Waals surface area contributed by atoms with E-state index >= 15 is 0 Å². The van der Waals surface area contributed by atoms with E-state index in [1.54, 1.807) is 0 Å². The molecule has 0 aliphatic carbocycles. The SMILES string of the molecule is CCC[B]CCC.CCC[B]CCC. The maximum absolute atomic E-state index is 2.36. The summed E-state index contributed by atoms with van der Waals surface area (Å²) in [5.41, 5.74) is 0. The summed E-state index contributed by atoms with van der Waals surface area (Å²) in [6, 6.07) is 0. The molecule has 0 aromatic rings. The van der Waals surface area contributed by atoms with Gasteiger partial charge >= 0.3 is 0 Å². The molecule has 0 saturated heterocycles. The summed E-state index contributed by atoms with van der Waals surface area (Å²) < 4.78 is 0. The molecule has 2 radical (unpaired) electrons. The Kier molecular flexibility index (Phi) is 22.3. The normalized spacial score (nSPS) is 8.86. The quantitative estimate of drug-likeness (QED) is 0.388. The van der Waals surface area contributed by atoms with Crippen LogP contribution in [0, 0.1) is 0 Å². The van der Waals surface area contributed by atoms with Crippen LogP contribution < -0.4 is 0 Å². The van der Waals surface area contributed by atoms with Crippen molar-refractivity contribution in [3.8, 4) is 0 Å². The van der Waals surface area contributed by atoms with Crippen molar-refractivity contribution in [2.24, 2.45) is 0 Å². The Morgan fingerprint density at radius 3 is 0.857 bits per heavy atom. The smallest absolute Gasteiger partial charge is 0.0806 e. The molecule has 0 rings (SSSR count). The van der Waals surface area contributed by atoms with Gasteiger partial charge in [0.05, 0.1) is 0 Å². The number of rotatable bonds is 8. The second-order valence-corrected chi connectivity index (χ2v) is 3.73. The first kappa shape index (κ1) is 16.6. The van der Waals surface area contributed by atoms with Gasteiger partial charge in [-0.1, -0.05) is 78.7 Å². The molecule has 0 saturated carbocycles. The molecule has 2 heteroatoms. The Hall–Kier alpha value is 0.130. The van der Waals surface area contributed by atoms with Gasteiger partial charge in [-0.2, -0.15) is 0 Å². The Morgan fingerprint density at radius 2 is 0.714 bits per heavy atom.